The molecule has 0 radical (unpaired) electrons. The minimum absolute atomic E-state index is 0.0138. The zero-order chi connectivity index (χ0) is 24.0. The van der Waals surface area contributed by atoms with Crippen molar-refractivity contribution in [1.29, 1.82) is 0 Å². The number of hydrogen-bond donors (Lipinski definition) is 3. The lowest BCUT2D eigenvalue weighted by molar-refractivity contribution is -0.139. The summed E-state index contributed by atoms with van der Waals surface area (Å²) < 4.78 is 5.63. The summed E-state index contributed by atoms with van der Waals surface area (Å²) >= 11 is 4.39. The van der Waals surface area contributed by atoms with E-state index in [4.69, 9.17) is 9.84 Å². The van der Waals surface area contributed by atoms with Gasteiger partial charge in [0.15, 0.2) is 17.2 Å². The van der Waals surface area contributed by atoms with Crippen LogP contribution in [0.3, 0.4) is 0 Å². The topological polar surface area (TPSA) is 116 Å². The van der Waals surface area contributed by atoms with Gasteiger partial charge in [0.25, 0.3) is 0 Å². The molecule has 1 aromatic heterocycles. The van der Waals surface area contributed by atoms with Gasteiger partial charge < -0.3 is 20.3 Å². The van der Waals surface area contributed by atoms with Gasteiger partial charge in [-0.15, -0.1) is 11.3 Å². The molecular formula is C23H27BrN2O6S. The lowest BCUT2D eigenvalue weighted by Gasteiger charge is -2.34. The van der Waals surface area contributed by atoms with E-state index < -0.39 is 18.5 Å². The Balaban J connectivity index is 2.00. The largest absolute Gasteiger partial charge is 0.479 e. The van der Waals surface area contributed by atoms with Crippen LogP contribution in [-0.2, 0) is 4.79 Å². The van der Waals surface area contributed by atoms with Crippen molar-refractivity contribution in [3.63, 3.8) is 0 Å². The maximum absolute atomic E-state index is 13.1. The number of ether oxygens (including phenoxy) is 1. The highest BCUT2D eigenvalue weighted by Crippen LogP contribution is 2.46. The van der Waals surface area contributed by atoms with Crippen LogP contribution in [0.4, 0.5) is 10.5 Å². The van der Waals surface area contributed by atoms with Crippen molar-refractivity contribution < 1.29 is 29.3 Å². The smallest absolute Gasteiger partial charge is 0.349 e. The molecule has 0 bridgehead atoms. The van der Waals surface area contributed by atoms with Gasteiger partial charge in [0, 0.05) is 18.3 Å². The van der Waals surface area contributed by atoms with Gasteiger partial charge in [-0.1, -0.05) is 38.3 Å². The van der Waals surface area contributed by atoms with Crippen molar-refractivity contribution in [2.75, 3.05) is 18.1 Å². The van der Waals surface area contributed by atoms with E-state index in [0.717, 1.165) is 49.1 Å². The molecule has 1 saturated carbocycles. The van der Waals surface area contributed by atoms with Crippen LogP contribution in [0.5, 0.6) is 5.75 Å². The van der Waals surface area contributed by atoms with Gasteiger partial charge in [-0.2, -0.15) is 0 Å². The van der Waals surface area contributed by atoms with Crippen molar-refractivity contribution in [1.82, 2.24) is 5.32 Å². The number of carbonyl (C=O) groups excluding carboxylic acids is 1. The van der Waals surface area contributed by atoms with Crippen LogP contribution in [0, 0.1) is 0 Å². The van der Waals surface area contributed by atoms with E-state index in [9.17, 15) is 19.5 Å². The Morgan fingerprint density at radius 1 is 1.21 bits per heavy atom. The Labute approximate surface area is 204 Å². The zero-order valence-electron chi connectivity index (χ0n) is 18.3. The monoisotopic (exact) mass is 538 g/mol. The Kier molecular flexibility index (Phi) is 8.74. The molecule has 1 aliphatic carbocycles. The lowest BCUT2D eigenvalue weighted by atomic mass is 9.94. The SMILES string of the molecule is CCCNC(=O)N(c1cccc(-c2sc(C(=O)O)c(OCC(=O)O)c2Br)c1)C1CCCCC1. The lowest BCUT2D eigenvalue weighted by Crippen LogP contribution is -2.47. The Morgan fingerprint density at radius 3 is 2.58 bits per heavy atom. The Bertz CT molecular complexity index is 1020. The summed E-state index contributed by atoms with van der Waals surface area (Å²) in [6, 6.07) is 7.37. The molecule has 10 heteroatoms. The molecule has 0 atom stereocenters. The first-order valence-corrected chi connectivity index (χ1v) is 12.5. The number of thiophene rings is 1. The van der Waals surface area contributed by atoms with Gasteiger partial charge in [-0.25, -0.2) is 14.4 Å². The number of urea groups is 1. The molecule has 33 heavy (non-hydrogen) atoms. The number of anilines is 1. The summed E-state index contributed by atoms with van der Waals surface area (Å²) in [5.74, 6) is -2.42. The maximum atomic E-state index is 13.1. The summed E-state index contributed by atoms with van der Waals surface area (Å²) in [5.41, 5.74) is 1.44. The summed E-state index contributed by atoms with van der Waals surface area (Å²) in [6.07, 6.45) is 6.02. The highest BCUT2D eigenvalue weighted by atomic mass is 79.9. The third-order valence-electron chi connectivity index (χ3n) is 5.41. The molecule has 2 aromatic rings. The second kappa shape index (κ2) is 11.5. The van der Waals surface area contributed by atoms with Crippen LogP contribution < -0.4 is 15.0 Å². The molecule has 2 amide bonds. The average Bonchev–Trinajstić information content (AvgIpc) is 3.14. The normalized spacial score (nSPS) is 14.0. The zero-order valence-corrected chi connectivity index (χ0v) is 20.7. The third kappa shape index (κ3) is 6.05. The minimum Gasteiger partial charge on any atom is -0.479 e. The first-order valence-electron chi connectivity index (χ1n) is 10.9. The summed E-state index contributed by atoms with van der Waals surface area (Å²) in [4.78, 5) is 38.0. The molecule has 0 saturated heterocycles. The van der Waals surface area contributed by atoms with Gasteiger partial charge in [0.2, 0.25) is 0 Å². The van der Waals surface area contributed by atoms with E-state index in [1.807, 2.05) is 36.1 Å². The fraction of sp³-hybridized carbons (Fsp3) is 0.435. The van der Waals surface area contributed by atoms with E-state index in [1.165, 1.54) is 6.42 Å². The second-order valence-corrected chi connectivity index (χ2v) is 9.65. The van der Waals surface area contributed by atoms with Crippen LogP contribution in [0.2, 0.25) is 0 Å². The number of carboxylic acids is 2. The maximum Gasteiger partial charge on any atom is 0.349 e. The number of carbonyl (C=O) groups is 3. The van der Waals surface area contributed by atoms with Gasteiger partial charge in [0.1, 0.15) is 0 Å². The predicted molar refractivity (Wildman–Crippen MR) is 131 cm³/mol. The van der Waals surface area contributed by atoms with E-state index in [2.05, 4.69) is 21.2 Å². The molecule has 178 valence electrons. The van der Waals surface area contributed by atoms with Gasteiger partial charge in [-0.3, -0.25) is 4.90 Å². The highest BCUT2D eigenvalue weighted by Gasteiger charge is 2.28. The number of amides is 2. The van der Waals surface area contributed by atoms with Crippen molar-refractivity contribution in [2.45, 2.75) is 51.5 Å². The number of rotatable bonds is 9. The fourth-order valence-corrected chi connectivity index (χ4v) is 5.82. The molecule has 1 aromatic carbocycles. The second-order valence-electron chi connectivity index (χ2n) is 7.84. The molecule has 1 fully saturated rings. The number of nitrogens with zero attached hydrogens (tertiary/aromatic N) is 1. The molecule has 0 spiro atoms. The molecule has 8 nitrogen and oxygen atoms in total. The summed E-state index contributed by atoms with van der Waals surface area (Å²) in [5, 5.41) is 21.5. The van der Waals surface area contributed by atoms with Crippen molar-refractivity contribution in [3.05, 3.63) is 33.6 Å². The number of aliphatic carboxylic acids is 1. The average molecular weight is 539 g/mol. The molecular weight excluding hydrogens is 512 g/mol. The minimum atomic E-state index is -1.20. The van der Waals surface area contributed by atoms with Crippen LogP contribution in [0.15, 0.2) is 28.7 Å². The van der Waals surface area contributed by atoms with E-state index in [1.54, 1.807) is 0 Å². The Hall–Kier alpha value is -2.59. The number of halogens is 1. The molecule has 3 N–H and O–H groups in total. The van der Waals surface area contributed by atoms with E-state index in [0.29, 0.717) is 21.5 Å². The van der Waals surface area contributed by atoms with Crippen molar-refractivity contribution in [2.24, 2.45) is 0 Å². The number of nitrogens with one attached hydrogen (secondary N) is 1. The number of carboxylic acid groups (broad SMARTS) is 2. The van der Waals surface area contributed by atoms with Gasteiger partial charge in [0.05, 0.1) is 9.35 Å². The molecule has 1 aliphatic rings. The van der Waals surface area contributed by atoms with Crippen LogP contribution in [0.25, 0.3) is 10.4 Å². The third-order valence-corrected chi connectivity index (χ3v) is 7.64. The first-order chi connectivity index (χ1) is 15.8. The fourth-order valence-electron chi connectivity index (χ4n) is 3.93. The quantitative estimate of drug-likeness (QED) is 0.382. The highest BCUT2D eigenvalue weighted by molar-refractivity contribution is 9.10. The molecule has 0 aliphatic heterocycles. The van der Waals surface area contributed by atoms with Crippen LogP contribution in [-0.4, -0.2) is 47.4 Å². The van der Waals surface area contributed by atoms with E-state index in [-0.39, 0.29) is 22.7 Å². The Morgan fingerprint density at radius 2 is 1.94 bits per heavy atom. The van der Waals surface area contributed by atoms with Crippen LogP contribution >= 0.6 is 27.3 Å². The van der Waals surface area contributed by atoms with E-state index >= 15 is 0 Å². The van der Waals surface area contributed by atoms with Crippen LogP contribution in [0.1, 0.15) is 55.1 Å². The van der Waals surface area contributed by atoms with Crippen molar-refractivity contribution >= 4 is 50.9 Å². The molecule has 3 rings (SSSR count). The predicted octanol–water partition coefficient (Wildman–Crippen LogP) is 5.60. The number of aromatic carboxylic acids is 1. The first kappa shape index (κ1) is 25.0. The summed E-state index contributed by atoms with van der Waals surface area (Å²) in [7, 11) is 0. The molecule has 1 heterocycles. The van der Waals surface area contributed by atoms with Gasteiger partial charge in [-0.05, 0) is 52.9 Å². The number of benzene rings is 1. The number of hydrogen-bond acceptors (Lipinski definition) is 5. The van der Waals surface area contributed by atoms with Crippen molar-refractivity contribution in [3.8, 4) is 16.2 Å². The van der Waals surface area contributed by atoms with Gasteiger partial charge >= 0.3 is 18.0 Å². The molecule has 0 unspecified atom stereocenters. The summed E-state index contributed by atoms with van der Waals surface area (Å²) in [6.45, 7) is 1.94. The standard InChI is InChI=1S/C23H27BrN2O6S/c1-2-11-25-23(31)26(15-8-4-3-5-9-15)16-10-6-7-14(12-16)20-18(24)19(32-13-17(27)28)21(33-20)22(29)30/h6-7,10,12,15H,2-5,8-9,11,13H2,1H3,(H,25,31)(H,27,28)(H,29,30).